The van der Waals surface area contributed by atoms with Gasteiger partial charge in [0.2, 0.25) is 5.91 Å². The quantitative estimate of drug-likeness (QED) is 0.824. The number of carbonyl (C=O) groups excluding carboxylic acids is 2. The summed E-state index contributed by atoms with van der Waals surface area (Å²) in [6.45, 7) is 4.12. The zero-order chi connectivity index (χ0) is 14.6. The highest BCUT2D eigenvalue weighted by Crippen LogP contribution is 2.23. The van der Waals surface area contributed by atoms with Crippen molar-refractivity contribution in [1.29, 1.82) is 0 Å². The highest BCUT2D eigenvalue weighted by molar-refractivity contribution is 9.10. The van der Waals surface area contributed by atoms with Crippen molar-refractivity contribution in [2.45, 2.75) is 13.8 Å². The first-order valence-electron chi connectivity index (χ1n) is 5.96. The Morgan fingerprint density at radius 1 is 1.42 bits per heavy atom. The van der Waals surface area contributed by atoms with E-state index in [9.17, 15) is 9.59 Å². The van der Waals surface area contributed by atoms with Gasteiger partial charge in [0.05, 0.1) is 6.54 Å². The molecule has 2 amide bonds. The monoisotopic (exact) mass is 327 g/mol. The number of nitrogens with one attached hydrogen (secondary N) is 1. The molecule has 5 nitrogen and oxygen atoms in total. The molecule has 1 aromatic carbocycles. The molecule has 0 atom stereocenters. The Bertz CT molecular complexity index is 503. The molecule has 0 saturated carbocycles. The number of halogens is 1. The molecule has 0 spiro atoms. The van der Waals surface area contributed by atoms with Crippen molar-refractivity contribution in [3.8, 4) is 0 Å². The van der Waals surface area contributed by atoms with Crippen LogP contribution in [0.5, 0.6) is 0 Å². The minimum Gasteiger partial charge on any atom is -0.398 e. The Balaban J connectivity index is 3.07. The first-order valence-corrected chi connectivity index (χ1v) is 6.75. The Morgan fingerprint density at radius 2 is 2.05 bits per heavy atom. The second-order valence-electron chi connectivity index (χ2n) is 4.16. The molecule has 0 heterocycles. The van der Waals surface area contributed by atoms with E-state index in [-0.39, 0.29) is 18.4 Å². The average Bonchev–Trinajstić information content (AvgIpc) is 2.38. The fourth-order valence-electron chi connectivity index (χ4n) is 1.67. The zero-order valence-corrected chi connectivity index (χ0v) is 12.9. The van der Waals surface area contributed by atoms with Crippen LogP contribution in [-0.2, 0) is 4.79 Å². The summed E-state index contributed by atoms with van der Waals surface area (Å²) in [7, 11) is 1.54. The second-order valence-corrected chi connectivity index (χ2v) is 5.08. The van der Waals surface area contributed by atoms with E-state index in [2.05, 4.69) is 21.2 Å². The summed E-state index contributed by atoms with van der Waals surface area (Å²) in [4.78, 5) is 25.3. The second kappa shape index (κ2) is 6.56. The van der Waals surface area contributed by atoms with Gasteiger partial charge >= 0.3 is 0 Å². The average molecular weight is 328 g/mol. The molecule has 0 saturated heterocycles. The van der Waals surface area contributed by atoms with E-state index in [0.717, 1.165) is 10.0 Å². The Morgan fingerprint density at radius 3 is 2.58 bits per heavy atom. The number of nitrogens with zero attached hydrogens (tertiary/aromatic N) is 1. The first kappa shape index (κ1) is 15.5. The van der Waals surface area contributed by atoms with Gasteiger partial charge in [-0.3, -0.25) is 9.59 Å². The number of nitrogens with two attached hydrogens (primary N) is 1. The summed E-state index contributed by atoms with van der Waals surface area (Å²) in [5.74, 6) is -0.396. The fourth-order valence-corrected chi connectivity index (χ4v) is 2.15. The van der Waals surface area contributed by atoms with Crippen molar-refractivity contribution in [1.82, 2.24) is 10.2 Å². The van der Waals surface area contributed by atoms with Crippen LogP contribution in [0.15, 0.2) is 16.6 Å². The van der Waals surface area contributed by atoms with Crippen LogP contribution in [0.4, 0.5) is 5.69 Å². The molecule has 19 heavy (non-hydrogen) atoms. The number of amides is 2. The molecule has 0 bridgehead atoms. The maximum absolute atomic E-state index is 12.4. The largest absolute Gasteiger partial charge is 0.398 e. The predicted molar refractivity (Wildman–Crippen MR) is 78.9 cm³/mol. The molecule has 1 rings (SSSR count). The van der Waals surface area contributed by atoms with Crippen molar-refractivity contribution in [3.05, 3.63) is 27.7 Å². The lowest BCUT2D eigenvalue weighted by Gasteiger charge is -2.21. The molecule has 1 aromatic rings. The third kappa shape index (κ3) is 3.70. The van der Waals surface area contributed by atoms with Gasteiger partial charge in [0.25, 0.3) is 5.91 Å². The van der Waals surface area contributed by atoms with Gasteiger partial charge in [-0.25, -0.2) is 0 Å². The van der Waals surface area contributed by atoms with Crippen molar-refractivity contribution >= 4 is 33.4 Å². The molecular formula is C13H18BrN3O2. The van der Waals surface area contributed by atoms with Gasteiger partial charge in [0.15, 0.2) is 0 Å². The molecule has 6 heteroatoms. The van der Waals surface area contributed by atoms with E-state index < -0.39 is 0 Å². The topological polar surface area (TPSA) is 75.4 Å². The maximum atomic E-state index is 12.4. The lowest BCUT2D eigenvalue weighted by molar-refractivity contribution is -0.121. The lowest BCUT2D eigenvalue weighted by atomic mass is 10.1. The van der Waals surface area contributed by atoms with Gasteiger partial charge in [0, 0.05) is 29.3 Å². The number of hydrogen-bond donors (Lipinski definition) is 2. The van der Waals surface area contributed by atoms with Crippen molar-refractivity contribution in [3.63, 3.8) is 0 Å². The van der Waals surface area contributed by atoms with Gasteiger partial charge in [-0.2, -0.15) is 0 Å². The Labute approximate surface area is 121 Å². The molecule has 0 fully saturated rings. The van der Waals surface area contributed by atoms with Crippen LogP contribution in [-0.4, -0.2) is 36.9 Å². The summed E-state index contributed by atoms with van der Waals surface area (Å²) in [5.41, 5.74) is 7.64. The first-order chi connectivity index (χ1) is 8.90. The number of benzene rings is 1. The third-order valence-electron chi connectivity index (χ3n) is 2.93. The Kier molecular flexibility index (Phi) is 5.35. The van der Waals surface area contributed by atoms with Gasteiger partial charge < -0.3 is 16.0 Å². The van der Waals surface area contributed by atoms with E-state index in [1.807, 2.05) is 6.92 Å². The van der Waals surface area contributed by atoms with E-state index in [1.165, 1.54) is 4.90 Å². The number of likely N-dealkylation sites (N-methyl/N-ethyl adjacent to an activating group) is 2. The number of carbonyl (C=O) groups is 2. The number of hydrogen-bond acceptors (Lipinski definition) is 3. The van der Waals surface area contributed by atoms with Crippen LogP contribution in [0.3, 0.4) is 0 Å². The van der Waals surface area contributed by atoms with Gasteiger partial charge in [-0.15, -0.1) is 0 Å². The molecule has 0 unspecified atom stereocenters. The molecule has 0 aliphatic carbocycles. The van der Waals surface area contributed by atoms with Crippen LogP contribution in [0, 0.1) is 6.92 Å². The van der Waals surface area contributed by atoms with E-state index in [4.69, 9.17) is 5.73 Å². The van der Waals surface area contributed by atoms with Crippen LogP contribution in [0.25, 0.3) is 0 Å². The SMILES string of the molecule is CCN(CC(=O)NC)C(=O)c1cc(Br)cc(N)c1C. The maximum Gasteiger partial charge on any atom is 0.254 e. The molecule has 3 N–H and O–H groups in total. The van der Waals surface area contributed by atoms with Gasteiger partial charge in [0.1, 0.15) is 0 Å². The summed E-state index contributed by atoms with van der Waals surface area (Å²) in [5, 5.41) is 2.51. The summed E-state index contributed by atoms with van der Waals surface area (Å²) < 4.78 is 0.745. The molecule has 0 aliphatic rings. The van der Waals surface area contributed by atoms with Crippen LogP contribution < -0.4 is 11.1 Å². The standard InChI is InChI=1S/C13H18BrN3O2/c1-4-17(7-12(18)16-3)13(19)10-5-9(14)6-11(15)8(10)2/h5-6H,4,7,15H2,1-3H3,(H,16,18). The van der Waals surface area contributed by atoms with Crippen LogP contribution >= 0.6 is 15.9 Å². The van der Waals surface area contributed by atoms with Crippen molar-refractivity contribution in [2.75, 3.05) is 25.9 Å². The number of rotatable bonds is 4. The normalized spacial score (nSPS) is 10.1. The minimum absolute atomic E-state index is 0.0394. The summed E-state index contributed by atoms with van der Waals surface area (Å²) in [6, 6.07) is 3.47. The molecule has 0 aromatic heterocycles. The molecule has 0 aliphatic heterocycles. The van der Waals surface area contributed by atoms with Crippen LogP contribution in [0.1, 0.15) is 22.8 Å². The van der Waals surface area contributed by atoms with Crippen molar-refractivity contribution in [2.24, 2.45) is 0 Å². The predicted octanol–water partition coefficient (Wildman–Crippen LogP) is 1.55. The highest BCUT2D eigenvalue weighted by atomic mass is 79.9. The smallest absolute Gasteiger partial charge is 0.254 e. The van der Waals surface area contributed by atoms with Crippen LogP contribution in [0.2, 0.25) is 0 Å². The minimum atomic E-state index is -0.198. The summed E-state index contributed by atoms with van der Waals surface area (Å²) in [6.07, 6.45) is 0. The van der Waals surface area contributed by atoms with E-state index in [0.29, 0.717) is 17.8 Å². The Hall–Kier alpha value is -1.56. The molecule has 104 valence electrons. The highest BCUT2D eigenvalue weighted by Gasteiger charge is 2.19. The summed E-state index contributed by atoms with van der Waals surface area (Å²) >= 11 is 3.32. The van der Waals surface area contributed by atoms with E-state index >= 15 is 0 Å². The van der Waals surface area contributed by atoms with Gasteiger partial charge in [-0.1, -0.05) is 15.9 Å². The van der Waals surface area contributed by atoms with Gasteiger partial charge in [-0.05, 0) is 31.5 Å². The fraction of sp³-hybridized carbons (Fsp3) is 0.385. The lowest BCUT2D eigenvalue weighted by Crippen LogP contribution is -2.39. The third-order valence-corrected chi connectivity index (χ3v) is 3.38. The van der Waals surface area contributed by atoms with Crippen molar-refractivity contribution < 1.29 is 9.59 Å². The number of anilines is 1. The van der Waals surface area contributed by atoms with E-state index in [1.54, 1.807) is 26.1 Å². The molecular weight excluding hydrogens is 310 g/mol. The zero-order valence-electron chi connectivity index (χ0n) is 11.3. The number of nitrogen functional groups attached to an aromatic ring is 1. The molecule has 0 radical (unpaired) electrons.